The zero-order valence-electron chi connectivity index (χ0n) is 26.5. The maximum atomic E-state index is 11.2. The summed E-state index contributed by atoms with van der Waals surface area (Å²) in [4.78, 5) is 2.71. The van der Waals surface area contributed by atoms with Crippen LogP contribution in [0.4, 0.5) is 0 Å². The molecular formula is C35H65NO. The number of hydrogen-bond donors (Lipinski definition) is 1. The second-order valence-corrected chi connectivity index (χ2v) is 13.8. The van der Waals surface area contributed by atoms with Crippen LogP contribution in [0.1, 0.15) is 175 Å². The maximum absolute atomic E-state index is 11.2. The number of phenols is 1. The SMILES string of the molecule is CCCCCCCCCCN(CCCCCCCCCC)Cc1cc(C(C)(C)C)c(O)c(C(C)(C)C)c1. The van der Waals surface area contributed by atoms with Crippen LogP contribution in [0.5, 0.6) is 5.75 Å². The van der Waals surface area contributed by atoms with Gasteiger partial charge in [0.15, 0.2) is 0 Å². The molecule has 2 heteroatoms. The summed E-state index contributed by atoms with van der Waals surface area (Å²) < 4.78 is 0. The molecule has 0 unspecified atom stereocenters. The van der Waals surface area contributed by atoms with Crippen molar-refractivity contribution in [3.8, 4) is 5.75 Å². The van der Waals surface area contributed by atoms with Gasteiger partial charge >= 0.3 is 0 Å². The van der Waals surface area contributed by atoms with Gasteiger partial charge in [0.05, 0.1) is 0 Å². The van der Waals surface area contributed by atoms with Gasteiger partial charge in [0, 0.05) is 6.54 Å². The topological polar surface area (TPSA) is 23.5 Å². The van der Waals surface area contributed by atoms with Crippen LogP contribution in [0.25, 0.3) is 0 Å². The molecule has 37 heavy (non-hydrogen) atoms. The molecular weight excluding hydrogens is 450 g/mol. The molecule has 0 heterocycles. The molecule has 0 spiro atoms. The molecule has 0 atom stereocenters. The molecule has 1 aromatic rings. The van der Waals surface area contributed by atoms with Crippen molar-refractivity contribution in [2.24, 2.45) is 0 Å². The molecule has 1 N–H and O–H groups in total. The van der Waals surface area contributed by atoms with Crippen molar-refractivity contribution in [3.05, 3.63) is 28.8 Å². The Bertz CT molecular complexity index is 654. The van der Waals surface area contributed by atoms with E-state index in [1.165, 1.54) is 121 Å². The molecule has 0 amide bonds. The summed E-state index contributed by atoms with van der Waals surface area (Å²) in [5.74, 6) is 0.501. The van der Waals surface area contributed by atoms with Crippen LogP contribution >= 0.6 is 0 Å². The van der Waals surface area contributed by atoms with Crippen LogP contribution in [0.3, 0.4) is 0 Å². The van der Waals surface area contributed by atoms with Gasteiger partial charge in [0.2, 0.25) is 0 Å². The number of benzene rings is 1. The van der Waals surface area contributed by atoms with E-state index < -0.39 is 0 Å². The van der Waals surface area contributed by atoms with Crippen LogP contribution in [0.15, 0.2) is 12.1 Å². The second-order valence-electron chi connectivity index (χ2n) is 13.8. The maximum Gasteiger partial charge on any atom is 0.123 e. The molecule has 0 fully saturated rings. The first-order valence-corrected chi connectivity index (χ1v) is 16.1. The van der Waals surface area contributed by atoms with Gasteiger partial charge in [0.1, 0.15) is 5.75 Å². The molecule has 0 saturated carbocycles. The highest BCUT2D eigenvalue weighted by Crippen LogP contribution is 2.40. The molecule has 0 aliphatic rings. The molecule has 2 nitrogen and oxygen atoms in total. The van der Waals surface area contributed by atoms with Crippen LogP contribution < -0.4 is 0 Å². The highest BCUT2D eigenvalue weighted by atomic mass is 16.3. The summed E-state index contributed by atoms with van der Waals surface area (Å²) in [6.07, 6.45) is 22.0. The fraction of sp³-hybridized carbons (Fsp3) is 0.829. The highest BCUT2D eigenvalue weighted by molar-refractivity contribution is 5.49. The summed E-state index contributed by atoms with van der Waals surface area (Å²) in [5.41, 5.74) is 3.41. The Kier molecular flexibility index (Phi) is 16.8. The number of aromatic hydroxyl groups is 1. The van der Waals surface area contributed by atoms with Crippen molar-refractivity contribution in [1.82, 2.24) is 4.90 Å². The van der Waals surface area contributed by atoms with E-state index in [1.807, 2.05) is 0 Å². The fourth-order valence-corrected chi connectivity index (χ4v) is 5.40. The number of hydrogen-bond acceptors (Lipinski definition) is 2. The van der Waals surface area contributed by atoms with Gasteiger partial charge in [-0.1, -0.05) is 157 Å². The van der Waals surface area contributed by atoms with Crippen LogP contribution in [0, 0.1) is 0 Å². The predicted molar refractivity (Wildman–Crippen MR) is 166 cm³/mol. The third-order valence-corrected chi connectivity index (χ3v) is 7.85. The van der Waals surface area contributed by atoms with Crippen molar-refractivity contribution < 1.29 is 5.11 Å². The second kappa shape index (κ2) is 18.3. The summed E-state index contributed by atoms with van der Waals surface area (Å²) in [7, 11) is 0. The Morgan fingerprint density at radius 2 is 0.865 bits per heavy atom. The lowest BCUT2D eigenvalue weighted by atomic mass is 9.78. The van der Waals surface area contributed by atoms with Gasteiger partial charge in [-0.15, -0.1) is 0 Å². The van der Waals surface area contributed by atoms with Crippen molar-refractivity contribution >= 4 is 0 Å². The van der Waals surface area contributed by atoms with Gasteiger partial charge in [-0.25, -0.2) is 0 Å². The van der Waals surface area contributed by atoms with E-state index in [-0.39, 0.29) is 10.8 Å². The van der Waals surface area contributed by atoms with E-state index in [9.17, 15) is 5.11 Å². The van der Waals surface area contributed by atoms with Gasteiger partial charge in [0.25, 0.3) is 0 Å². The molecule has 1 aromatic carbocycles. The van der Waals surface area contributed by atoms with Crippen LogP contribution in [-0.4, -0.2) is 23.1 Å². The molecule has 1 rings (SSSR count). The number of nitrogens with zero attached hydrogens (tertiary/aromatic N) is 1. The normalized spacial score (nSPS) is 12.6. The van der Waals surface area contributed by atoms with Crippen molar-refractivity contribution in [3.63, 3.8) is 0 Å². The van der Waals surface area contributed by atoms with Crippen molar-refractivity contribution in [2.45, 2.75) is 175 Å². The average molecular weight is 516 g/mol. The zero-order chi connectivity index (χ0) is 27.7. The molecule has 216 valence electrons. The van der Waals surface area contributed by atoms with E-state index in [1.54, 1.807) is 0 Å². The monoisotopic (exact) mass is 516 g/mol. The molecule has 0 saturated heterocycles. The quantitative estimate of drug-likeness (QED) is 0.174. The van der Waals surface area contributed by atoms with Gasteiger partial charge in [-0.05, 0) is 53.5 Å². The summed E-state index contributed by atoms with van der Waals surface area (Å²) >= 11 is 0. The summed E-state index contributed by atoms with van der Waals surface area (Å²) in [5, 5.41) is 11.2. The minimum atomic E-state index is -0.0690. The molecule has 0 bridgehead atoms. The lowest BCUT2D eigenvalue weighted by Gasteiger charge is -2.30. The minimum absolute atomic E-state index is 0.0690. The number of rotatable bonds is 20. The highest BCUT2D eigenvalue weighted by Gasteiger charge is 2.26. The summed E-state index contributed by atoms with van der Waals surface area (Å²) in [6.45, 7) is 21.3. The van der Waals surface area contributed by atoms with Gasteiger partial charge < -0.3 is 5.11 Å². The molecule has 0 aliphatic carbocycles. The smallest absolute Gasteiger partial charge is 0.123 e. The zero-order valence-corrected chi connectivity index (χ0v) is 26.5. The Morgan fingerprint density at radius 1 is 0.541 bits per heavy atom. The Hall–Kier alpha value is -1.02. The first-order valence-electron chi connectivity index (χ1n) is 16.1. The van der Waals surface area contributed by atoms with E-state index in [4.69, 9.17) is 0 Å². The summed E-state index contributed by atoms with van der Waals surface area (Å²) in [6, 6.07) is 4.58. The third-order valence-electron chi connectivity index (χ3n) is 7.85. The molecule has 0 aromatic heterocycles. The van der Waals surface area contributed by atoms with Crippen molar-refractivity contribution in [1.29, 1.82) is 0 Å². The number of unbranched alkanes of at least 4 members (excludes halogenated alkanes) is 14. The molecule has 0 aliphatic heterocycles. The van der Waals surface area contributed by atoms with Crippen LogP contribution in [0.2, 0.25) is 0 Å². The van der Waals surface area contributed by atoms with Crippen LogP contribution in [-0.2, 0) is 17.4 Å². The van der Waals surface area contributed by atoms with Crippen molar-refractivity contribution in [2.75, 3.05) is 13.1 Å². The minimum Gasteiger partial charge on any atom is -0.507 e. The average Bonchev–Trinajstić information content (AvgIpc) is 2.81. The standard InChI is InChI=1S/C35H65NO/c1-9-11-13-15-17-19-21-23-25-36(26-24-22-20-18-16-14-12-10-2)29-30-27-31(34(3,4)5)33(37)32(28-30)35(6,7)8/h27-28,37H,9-26,29H2,1-8H3. The van der Waals surface area contributed by atoms with E-state index in [0.29, 0.717) is 5.75 Å². The lowest BCUT2D eigenvalue weighted by Crippen LogP contribution is -2.27. The largest absolute Gasteiger partial charge is 0.507 e. The number of phenolic OH excluding ortho intramolecular Hbond substituents is 1. The van der Waals surface area contributed by atoms with E-state index in [2.05, 4.69) is 72.4 Å². The lowest BCUT2D eigenvalue weighted by molar-refractivity contribution is 0.251. The Morgan fingerprint density at radius 3 is 1.19 bits per heavy atom. The van der Waals surface area contributed by atoms with Gasteiger partial charge in [-0.3, -0.25) is 4.90 Å². The first kappa shape index (κ1) is 34.0. The van der Waals surface area contributed by atoms with Gasteiger partial charge in [-0.2, -0.15) is 0 Å². The Balaban J connectivity index is 2.80. The Labute approximate surface area is 233 Å². The third kappa shape index (κ3) is 14.6. The predicted octanol–water partition coefficient (Wildman–Crippen LogP) is 11.1. The first-order chi connectivity index (χ1) is 17.5. The fourth-order valence-electron chi connectivity index (χ4n) is 5.40. The van der Waals surface area contributed by atoms with E-state index >= 15 is 0 Å². The van der Waals surface area contributed by atoms with E-state index in [0.717, 1.165) is 17.7 Å². The molecule has 0 radical (unpaired) electrons.